The molecule has 3 nitrogen and oxygen atoms in total. The van der Waals surface area contributed by atoms with Crippen LogP contribution in [-0.4, -0.2) is 18.3 Å². The van der Waals surface area contributed by atoms with E-state index < -0.39 is 0 Å². The Labute approximate surface area is 54.1 Å². The molecule has 0 atom stereocenters. The zero-order valence-corrected chi connectivity index (χ0v) is 5.13. The van der Waals surface area contributed by atoms with Crippen molar-refractivity contribution in [1.29, 1.82) is 0 Å². The van der Waals surface area contributed by atoms with Gasteiger partial charge in [0.05, 0.1) is 13.2 Å². The molecule has 50 valence electrons. The second kappa shape index (κ2) is 7.12. The highest BCUT2D eigenvalue weighted by atomic mass is 16.3. The van der Waals surface area contributed by atoms with Crippen LogP contribution < -0.4 is 0 Å². The smallest absolute Gasteiger partial charge is 0.0920 e. The minimum absolute atomic E-state index is 0.0848. The fourth-order valence-electron chi connectivity index (χ4n) is 0.334. The molecule has 0 unspecified atom stereocenters. The molecule has 3 heteroatoms. The molecule has 1 N–H and O–H groups in total. The number of rotatable bonds is 3. The lowest BCUT2D eigenvalue weighted by atomic mass is 10.4. The van der Waals surface area contributed by atoms with E-state index in [1.807, 2.05) is 0 Å². The van der Waals surface area contributed by atoms with Crippen molar-refractivity contribution in [2.45, 2.75) is 12.8 Å². The van der Waals surface area contributed by atoms with Crippen LogP contribution in [0.5, 0.6) is 0 Å². The molecule has 0 heterocycles. The zero-order chi connectivity index (χ0) is 6.95. The van der Waals surface area contributed by atoms with E-state index in [9.17, 15) is 4.91 Å². The number of nitrogens with zero attached hydrogens (tertiary/aromatic N) is 1. The molecule has 0 rings (SSSR count). The maximum atomic E-state index is 9.47. The molecule has 0 aliphatic rings. The summed E-state index contributed by atoms with van der Waals surface area (Å²) in [5.74, 6) is 5.35. The molecule has 0 fully saturated rings. The van der Waals surface area contributed by atoms with Gasteiger partial charge >= 0.3 is 0 Å². The van der Waals surface area contributed by atoms with E-state index in [2.05, 4.69) is 17.0 Å². The predicted octanol–water partition coefficient (Wildman–Crippen LogP) is 0.529. The van der Waals surface area contributed by atoms with Gasteiger partial charge in [-0.3, -0.25) is 0 Å². The fraction of sp³-hybridized carbons (Fsp3) is 0.667. The van der Waals surface area contributed by atoms with Gasteiger partial charge in [0, 0.05) is 12.8 Å². The van der Waals surface area contributed by atoms with Crippen LogP contribution in [0.1, 0.15) is 12.8 Å². The van der Waals surface area contributed by atoms with Gasteiger partial charge in [-0.2, -0.15) is 4.91 Å². The molecule has 0 saturated carbocycles. The first-order valence-corrected chi connectivity index (χ1v) is 2.77. The van der Waals surface area contributed by atoms with Gasteiger partial charge in [-0.15, -0.1) is 11.8 Å². The molecule has 0 aromatic heterocycles. The first-order valence-electron chi connectivity index (χ1n) is 2.77. The summed E-state index contributed by atoms with van der Waals surface area (Å²) in [6.07, 6.45) is 0.988. The van der Waals surface area contributed by atoms with Crippen molar-refractivity contribution in [3.8, 4) is 11.8 Å². The van der Waals surface area contributed by atoms with Crippen molar-refractivity contribution < 1.29 is 5.11 Å². The van der Waals surface area contributed by atoms with Gasteiger partial charge in [-0.25, -0.2) is 0 Å². The molecule has 9 heavy (non-hydrogen) atoms. The largest absolute Gasteiger partial charge is 0.395 e. The van der Waals surface area contributed by atoms with E-state index in [4.69, 9.17) is 5.11 Å². The Morgan fingerprint density at radius 3 is 2.56 bits per heavy atom. The summed E-state index contributed by atoms with van der Waals surface area (Å²) in [7, 11) is 0. The Morgan fingerprint density at radius 1 is 1.33 bits per heavy atom. The summed E-state index contributed by atoms with van der Waals surface area (Å²) in [4.78, 5) is 9.47. The summed E-state index contributed by atoms with van der Waals surface area (Å²) in [6.45, 7) is 0.333. The lowest BCUT2D eigenvalue weighted by Gasteiger charge is -1.77. The average molecular weight is 127 g/mol. The lowest BCUT2D eigenvalue weighted by molar-refractivity contribution is 0.305. The highest BCUT2D eigenvalue weighted by molar-refractivity contribution is 4.98. The van der Waals surface area contributed by atoms with Crippen molar-refractivity contribution in [3.63, 3.8) is 0 Å². The standard InChI is InChI=1S/C6H9NO2/c8-6-4-2-1-3-5-7-9/h8H,3-6H2. The van der Waals surface area contributed by atoms with Crippen molar-refractivity contribution in [3.05, 3.63) is 4.91 Å². The van der Waals surface area contributed by atoms with Crippen molar-refractivity contribution in [2.24, 2.45) is 5.18 Å². The van der Waals surface area contributed by atoms with Crippen LogP contribution in [-0.2, 0) is 0 Å². The molecule has 0 aromatic rings. The third-order valence-electron chi connectivity index (χ3n) is 0.690. The maximum Gasteiger partial charge on any atom is 0.0920 e. The molecule has 0 aromatic carbocycles. The van der Waals surface area contributed by atoms with Crippen LogP contribution >= 0.6 is 0 Å². The lowest BCUT2D eigenvalue weighted by Crippen LogP contribution is -1.77. The molecule has 0 spiro atoms. The van der Waals surface area contributed by atoms with Gasteiger partial charge in [0.1, 0.15) is 0 Å². The van der Waals surface area contributed by atoms with Crippen LogP contribution in [0.4, 0.5) is 0 Å². The average Bonchev–Trinajstić information content (AvgIpc) is 1.89. The van der Waals surface area contributed by atoms with E-state index in [1.165, 1.54) is 0 Å². The quantitative estimate of drug-likeness (QED) is 0.341. The minimum Gasteiger partial charge on any atom is -0.395 e. The van der Waals surface area contributed by atoms with Gasteiger partial charge in [-0.05, 0) is 0 Å². The van der Waals surface area contributed by atoms with Gasteiger partial charge < -0.3 is 5.11 Å². The normalized spacial score (nSPS) is 7.67. The van der Waals surface area contributed by atoms with Crippen LogP contribution in [0.2, 0.25) is 0 Å². The maximum absolute atomic E-state index is 9.47. The number of hydrogen-bond donors (Lipinski definition) is 1. The number of nitroso groups, excluding NO2 is 1. The molecule has 0 saturated heterocycles. The second-order valence-electron chi connectivity index (χ2n) is 1.43. The monoisotopic (exact) mass is 127 g/mol. The summed E-state index contributed by atoms with van der Waals surface area (Å²) in [5.41, 5.74) is 0. The summed E-state index contributed by atoms with van der Waals surface area (Å²) in [5, 5.41) is 10.9. The van der Waals surface area contributed by atoms with E-state index >= 15 is 0 Å². The highest BCUT2D eigenvalue weighted by Crippen LogP contribution is 1.77. The second-order valence-corrected chi connectivity index (χ2v) is 1.43. The highest BCUT2D eigenvalue weighted by Gasteiger charge is 1.75. The topological polar surface area (TPSA) is 49.7 Å². The molecular formula is C6H9NO2. The number of aliphatic hydroxyl groups excluding tert-OH is 1. The van der Waals surface area contributed by atoms with E-state index in [0.717, 1.165) is 0 Å². The van der Waals surface area contributed by atoms with Crippen LogP contribution in [0.3, 0.4) is 0 Å². The molecule has 0 amide bonds. The Kier molecular flexibility index (Phi) is 6.42. The van der Waals surface area contributed by atoms with E-state index in [0.29, 0.717) is 12.8 Å². The van der Waals surface area contributed by atoms with Crippen molar-refractivity contribution in [1.82, 2.24) is 0 Å². The van der Waals surface area contributed by atoms with Gasteiger partial charge in [-0.1, -0.05) is 5.18 Å². The van der Waals surface area contributed by atoms with Crippen molar-refractivity contribution >= 4 is 0 Å². The Morgan fingerprint density at radius 2 is 2.00 bits per heavy atom. The first-order chi connectivity index (χ1) is 4.41. The van der Waals surface area contributed by atoms with E-state index in [1.54, 1.807) is 0 Å². The summed E-state index contributed by atoms with van der Waals surface area (Å²) in [6, 6.07) is 0. The third-order valence-corrected chi connectivity index (χ3v) is 0.690. The number of hydrogen-bond acceptors (Lipinski definition) is 3. The third kappa shape index (κ3) is 7.12. The first kappa shape index (κ1) is 8.12. The Balaban J connectivity index is 3.05. The molecule has 0 bridgehead atoms. The van der Waals surface area contributed by atoms with E-state index in [-0.39, 0.29) is 13.2 Å². The summed E-state index contributed by atoms with van der Waals surface area (Å²) < 4.78 is 0. The molecule has 0 aliphatic heterocycles. The molecule has 0 radical (unpaired) electrons. The predicted molar refractivity (Wildman–Crippen MR) is 34.8 cm³/mol. The summed E-state index contributed by atoms with van der Waals surface area (Å²) >= 11 is 0. The zero-order valence-electron chi connectivity index (χ0n) is 5.13. The van der Waals surface area contributed by atoms with Crippen molar-refractivity contribution in [2.75, 3.05) is 13.2 Å². The van der Waals surface area contributed by atoms with Crippen LogP contribution in [0.25, 0.3) is 0 Å². The van der Waals surface area contributed by atoms with Crippen LogP contribution in [0, 0.1) is 16.7 Å². The van der Waals surface area contributed by atoms with Gasteiger partial charge in [0.25, 0.3) is 0 Å². The van der Waals surface area contributed by atoms with Gasteiger partial charge in [0.2, 0.25) is 0 Å². The minimum atomic E-state index is 0.0848. The van der Waals surface area contributed by atoms with Crippen LogP contribution in [0.15, 0.2) is 5.18 Å². The van der Waals surface area contributed by atoms with Gasteiger partial charge in [0.15, 0.2) is 0 Å². The Bertz CT molecular complexity index is 123. The molecule has 0 aliphatic carbocycles. The Hall–Kier alpha value is -0.880. The SMILES string of the molecule is O=NCCC#CCCO. The molecular weight excluding hydrogens is 118 g/mol. The fourth-order valence-corrected chi connectivity index (χ4v) is 0.334. The number of aliphatic hydroxyl groups is 1.